The minimum Gasteiger partial charge on any atom is -0.338 e. The molecule has 0 fully saturated rings. The number of ketones is 1. The summed E-state index contributed by atoms with van der Waals surface area (Å²) in [5.41, 5.74) is 0.539. The highest BCUT2D eigenvalue weighted by atomic mass is 19.4. The monoisotopic (exact) mass is 271 g/mol. The van der Waals surface area contributed by atoms with E-state index in [1.54, 1.807) is 12.1 Å². The molecule has 0 aliphatic heterocycles. The Morgan fingerprint density at radius 2 is 1.95 bits per heavy atom. The summed E-state index contributed by atoms with van der Waals surface area (Å²) in [7, 11) is 0. The molecule has 2 aromatic rings. The molecular formula is C11H8F3N3O2. The number of halogens is 3. The summed E-state index contributed by atoms with van der Waals surface area (Å²) < 4.78 is 41.5. The Kier molecular flexibility index (Phi) is 3.32. The molecule has 0 radical (unpaired) electrons. The molecule has 1 atom stereocenters. The summed E-state index contributed by atoms with van der Waals surface area (Å²) in [6, 6.07) is 3.15. The van der Waals surface area contributed by atoms with Gasteiger partial charge in [0.05, 0.1) is 0 Å². The molecule has 0 aliphatic rings. The van der Waals surface area contributed by atoms with Crippen LogP contribution in [0.15, 0.2) is 29.0 Å². The highest BCUT2D eigenvalue weighted by Crippen LogP contribution is 2.27. The molecule has 100 valence electrons. The van der Waals surface area contributed by atoms with Crippen LogP contribution in [0.25, 0.3) is 11.4 Å². The second-order valence-corrected chi connectivity index (χ2v) is 3.78. The molecular weight excluding hydrogens is 263 g/mol. The van der Waals surface area contributed by atoms with Crippen LogP contribution in [0.1, 0.15) is 18.7 Å². The Morgan fingerprint density at radius 1 is 1.32 bits per heavy atom. The number of carbonyl (C=O) groups is 1. The van der Waals surface area contributed by atoms with Gasteiger partial charge < -0.3 is 4.52 Å². The van der Waals surface area contributed by atoms with Gasteiger partial charge in [-0.05, 0) is 19.1 Å². The van der Waals surface area contributed by atoms with E-state index in [0.29, 0.717) is 5.56 Å². The predicted molar refractivity (Wildman–Crippen MR) is 57.0 cm³/mol. The Morgan fingerprint density at radius 3 is 2.53 bits per heavy atom. The topological polar surface area (TPSA) is 68.9 Å². The molecule has 19 heavy (non-hydrogen) atoms. The average Bonchev–Trinajstić information content (AvgIpc) is 2.86. The van der Waals surface area contributed by atoms with Crippen molar-refractivity contribution in [3.63, 3.8) is 0 Å². The predicted octanol–water partition coefficient (Wildman–Crippen LogP) is 2.37. The van der Waals surface area contributed by atoms with Crippen molar-refractivity contribution in [2.45, 2.75) is 19.0 Å². The van der Waals surface area contributed by atoms with Crippen LogP contribution in [-0.4, -0.2) is 27.1 Å². The van der Waals surface area contributed by atoms with Crippen LogP contribution in [0.3, 0.4) is 0 Å². The second-order valence-electron chi connectivity index (χ2n) is 3.78. The fraction of sp³-hybridized carbons (Fsp3) is 0.273. The van der Waals surface area contributed by atoms with E-state index in [2.05, 4.69) is 15.1 Å². The Balaban J connectivity index is 2.25. The number of rotatable bonds is 3. The first kappa shape index (κ1) is 13.2. The smallest absolute Gasteiger partial charge is 0.338 e. The summed E-state index contributed by atoms with van der Waals surface area (Å²) in [5, 5.41) is 3.54. The van der Waals surface area contributed by atoms with Gasteiger partial charge in [0.2, 0.25) is 17.5 Å². The zero-order valence-electron chi connectivity index (χ0n) is 9.68. The average molecular weight is 271 g/mol. The van der Waals surface area contributed by atoms with Crippen molar-refractivity contribution in [2.24, 2.45) is 0 Å². The molecule has 2 aromatic heterocycles. The van der Waals surface area contributed by atoms with E-state index in [1.165, 1.54) is 12.4 Å². The first-order chi connectivity index (χ1) is 8.89. The van der Waals surface area contributed by atoms with Gasteiger partial charge in [0.1, 0.15) is 5.92 Å². The normalized spacial score (nSPS) is 13.3. The first-order valence-electron chi connectivity index (χ1n) is 5.24. The molecule has 0 bridgehead atoms. The van der Waals surface area contributed by atoms with Gasteiger partial charge in [-0.2, -0.15) is 18.2 Å². The summed E-state index contributed by atoms with van der Waals surface area (Å²) in [6.45, 7) is 1.07. The molecule has 0 aromatic carbocycles. The number of carbonyl (C=O) groups excluding carboxylic acids is 1. The second kappa shape index (κ2) is 4.79. The van der Waals surface area contributed by atoms with E-state index < -0.39 is 17.9 Å². The van der Waals surface area contributed by atoms with Crippen LogP contribution in [-0.2, 0) is 4.79 Å². The zero-order valence-corrected chi connectivity index (χ0v) is 9.68. The molecule has 8 heteroatoms. The third-order valence-electron chi connectivity index (χ3n) is 2.42. The highest BCUT2D eigenvalue weighted by Gasteiger charge is 2.44. The lowest BCUT2D eigenvalue weighted by Crippen LogP contribution is -2.27. The zero-order chi connectivity index (χ0) is 14.0. The fourth-order valence-corrected chi connectivity index (χ4v) is 1.39. The summed E-state index contributed by atoms with van der Waals surface area (Å²) >= 11 is 0. The maximum Gasteiger partial charge on any atom is 0.450 e. The molecule has 0 amide bonds. The van der Waals surface area contributed by atoms with E-state index >= 15 is 0 Å². The third-order valence-corrected chi connectivity index (χ3v) is 2.42. The van der Waals surface area contributed by atoms with Gasteiger partial charge in [-0.3, -0.25) is 9.78 Å². The van der Waals surface area contributed by atoms with Crippen molar-refractivity contribution < 1.29 is 22.5 Å². The van der Waals surface area contributed by atoms with Crippen molar-refractivity contribution in [1.29, 1.82) is 0 Å². The van der Waals surface area contributed by atoms with Crippen LogP contribution < -0.4 is 0 Å². The van der Waals surface area contributed by atoms with E-state index in [1.807, 2.05) is 0 Å². The quantitative estimate of drug-likeness (QED) is 0.857. The lowest BCUT2D eigenvalue weighted by molar-refractivity contribution is -0.172. The van der Waals surface area contributed by atoms with Crippen LogP contribution in [0.4, 0.5) is 13.2 Å². The number of Topliss-reactive ketones (excluding diaryl/α,β-unsaturated/α-hetero) is 1. The van der Waals surface area contributed by atoms with Crippen molar-refractivity contribution >= 4 is 5.78 Å². The van der Waals surface area contributed by atoms with E-state index in [-0.39, 0.29) is 11.7 Å². The lowest BCUT2D eigenvalue weighted by Gasteiger charge is -2.08. The molecule has 5 nitrogen and oxygen atoms in total. The fourth-order valence-electron chi connectivity index (χ4n) is 1.39. The van der Waals surface area contributed by atoms with Crippen molar-refractivity contribution in [3.05, 3.63) is 30.4 Å². The first-order valence-corrected chi connectivity index (χ1v) is 5.24. The number of hydrogen-bond donors (Lipinski definition) is 0. The van der Waals surface area contributed by atoms with Crippen molar-refractivity contribution in [2.75, 3.05) is 0 Å². The van der Waals surface area contributed by atoms with Crippen LogP contribution in [0.2, 0.25) is 0 Å². The van der Waals surface area contributed by atoms with Crippen LogP contribution >= 0.6 is 0 Å². The van der Waals surface area contributed by atoms with Gasteiger partial charge in [-0.25, -0.2) is 0 Å². The van der Waals surface area contributed by atoms with E-state index in [0.717, 1.165) is 6.92 Å². The summed E-state index contributed by atoms with van der Waals surface area (Å²) in [6.07, 6.45) is -1.96. The Hall–Kier alpha value is -2.25. The Labute approximate surface area is 105 Å². The number of alkyl halides is 3. The minimum atomic E-state index is -4.93. The van der Waals surface area contributed by atoms with Gasteiger partial charge in [0, 0.05) is 18.0 Å². The van der Waals surface area contributed by atoms with Gasteiger partial charge in [0.15, 0.2) is 0 Å². The van der Waals surface area contributed by atoms with Crippen molar-refractivity contribution in [1.82, 2.24) is 15.1 Å². The lowest BCUT2D eigenvalue weighted by atomic mass is 10.1. The molecule has 0 saturated carbocycles. The van der Waals surface area contributed by atoms with Gasteiger partial charge in [0.25, 0.3) is 0 Å². The summed E-state index contributed by atoms with van der Waals surface area (Å²) in [5.74, 6) is -3.70. The highest BCUT2D eigenvalue weighted by molar-refractivity contribution is 5.89. The molecule has 2 rings (SSSR count). The number of aromatic nitrogens is 3. The molecule has 0 spiro atoms. The van der Waals surface area contributed by atoms with Gasteiger partial charge in [-0.1, -0.05) is 5.16 Å². The SMILES string of the molecule is CC(C(=O)C(F)(F)F)c1nc(-c2ccncc2)no1. The number of nitrogens with zero attached hydrogens (tertiary/aromatic N) is 3. The molecule has 2 heterocycles. The van der Waals surface area contributed by atoms with E-state index in [4.69, 9.17) is 4.52 Å². The maximum atomic E-state index is 12.3. The van der Waals surface area contributed by atoms with Gasteiger partial charge >= 0.3 is 6.18 Å². The van der Waals surface area contributed by atoms with E-state index in [9.17, 15) is 18.0 Å². The van der Waals surface area contributed by atoms with Crippen LogP contribution in [0, 0.1) is 0 Å². The summed E-state index contributed by atoms with van der Waals surface area (Å²) in [4.78, 5) is 18.6. The Bertz CT molecular complexity index is 580. The largest absolute Gasteiger partial charge is 0.450 e. The minimum absolute atomic E-state index is 0.110. The standard InChI is InChI=1S/C11H8F3N3O2/c1-6(8(18)11(12,13)14)10-16-9(17-19-10)7-2-4-15-5-3-7/h2-6H,1H3. The molecule has 1 unspecified atom stereocenters. The molecule has 0 aliphatic carbocycles. The number of pyridine rings is 1. The molecule has 0 saturated heterocycles. The molecule has 0 N–H and O–H groups in total. The number of hydrogen-bond acceptors (Lipinski definition) is 5. The van der Waals surface area contributed by atoms with Crippen LogP contribution in [0.5, 0.6) is 0 Å². The third kappa shape index (κ3) is 2.78. The van der Waals surface area contributed by atoms with Gasteiger partial charge in [-0.15, -0.1) is 0 Å². The maximum absolute atomic E-state index is 12.3. The van der Waals surface area contributed by atoms with Crippen molar-refractivity contribution in [3.8, 4) is 11.4 Å².